The van der Waals surface area contributed by atoms with E-state index >= 15 is 0 Å². The van der Waals surface area contributed by atoms with Crippen LogP contribution in [0.25, 0.3) is 0 Å². The van der Waals surface area contributed by atoms with Gasteiger partial charge < -0.3 is 4.74 Å². The molecule has 2 aromatic carbocycles. The minimum Gasteiger partial charge on any atom is -0.441 e. The van der Waals surface area contributed by atoms with Gasteiger partial charge in [0.25, 0.3) is 0 Å². The molecule has 1 amide bonds. The van der Waals surface area contributed by atoms with Crippen LogP contribution in [0, 0.1) is 0 Å². The van der Waals surface area contributed by atoms with E-state index in [9.17, 15) is 4.79 Å². The highest BCUT2D eigenvalue weighted by Crippen LogP contribution is 2.36. The number of benzene rings is 2. The van der Waals surface area contributed by atoms with E-state index in [1.165, 1.54) is 0 Å². The predicted octanol–water partition coefficient (Wildman–Crippen LogP) is 3.68. The third kappa shape index (κ3) is 3.02. The maximum atomic E-state index is 13.0. The van der Waals surface area contributed by atoms with Gasteiger partial charge in [0.2, 0.25) is 0 Å². The number of hydrogen-bond donors (Lipinski definition) is 0. The first-order chi connectivity index (χ1) is 11.7. The molecule has 2 fully saturated rings. The van der Waals surface area contributed by atoms with E-state index in [-0.39, 0.29) is 11.7 Å². The summed E-state index contributed by atoms with van der Waals surface area (Å²) >= 11 is 0. The molecule has 0 radical (unpaired) electrons. The van der Waals surface area contributed by atoms with Crippen LogP contribution in [0.3, 0.4) is 0 Å². The molecule has 0 aromatic heterocycles. The quantitative estimate of drug-likeness (QED) is 0.861. The first-order valence-electron chi connectivity index (χ1n) is 8.56. The number of carbonyl (C=O) groups is 1. The lowest BCUT2D eigenvalue weighted by Crippen LogP contribution is -2.40. The molecule has 24 heavy (non-hydrogen) atoms. The molecule has 4 nitrogen and oxygen atoms in total. The molecule has 2 saturated heterocycles. The van der Waals surface area contributed by atoms with E-state index in [1.54, 1.807) is 4.90 Å². The molecule has 124 valence electrons. The second-order valence-corrected chi connectivity index (χ2v) is 6.73. The lowest BCUT2D eigenvalue weighted by molar-refractivity contribution is 0.0352. The summed E-state index contributed by atoms with van der Waals surface area (Å²) < 4.78 is 6.02. The number of para-hydroxylation sites is 1. The molecule has 0 N–H and O–H groups in total. The highest BCUT2D eigenvalue weighted by atomic mass is 16.6. The Morgan fingerprint density at radius 3 is 2.21 bits per heavy atom. The zero-order chi connectivity index (χ0) is 16.4. The summed E-state index contributed by atoms with van der Waals surface area (Å²) in [4.78, 5) is 17.1. The van der Waals surface area contributed by atoms with Crippen LogP contribution in [0.4, 0.5) is 10.5 Å². The minimum absolute atomic E-state index is 0.242. The molecule has 0 unspecified atom stereocenters. The molecule has 2 aliphatic heterocycles. The summed E-state index contributed by atoms with van der Waals surface area (Å²) in [5.41, 5.74) is 1.69. The van der Waals surface area contributed by atoms with Gasteiger partial charge in [-0.1, -0.05) is 48.5 Å². The van der Waals surface area contributed by atoms with Crippen molar-refractivity contribution in [1.82, 2.24) is 4.90 Å². The van der Waals surface area contributed by atoms with Crippen molar-refractivity contribution in [1.29, 1.82) is 0 Å². The fraction of sp³-hybridized carbons (Fsp3) is 0.350. The minimum atomic E-state index is -0.277. The number of fused-ring (bicyclic) bond motifs is 2. The van der Waals surface area contributed by atoms with E-state index in [0.29, 0.717) is 6.54 Å². The maximum absolute atomic E-state index is 13.0. The van der Waals surface area contributed by atoms with Crippen LogP contribution in [0.2, 0.25) is 0 Å². The number of piperidine rings is 1. The van der Waals surface area contributed by atoms with Gasteiger partial charge in [-0.2, -0.15) is 0 Å². The van der Waals surface area contributed by atoms with Gasteiger partial charge in [0, 0.05) is 38.2 Å². The largest absolute Gasteiger partial charge is 0.441 e. The molecule has 0 aliphatic carbocycles. The summed E-state index contributed by atoms with van der Waals surface area (Å²) in [6.45, 7) is 3.48. The lowest BCUT2D eigenvalue weighted by Gasteiger charge is -2.30. The van der Waals surface area contributed by atoms with Gasteiger partial charge in [0.1, 0.15) is 5.60 Å². The molecule has 4 heteroatoms. The van der Waals surface area contributed by atoms with Crippen LogP contribution in [-0.4, -0.2) is 36.2 Å². The normalized spacial score (nSPS) is 24.8. The number of rotatable bonds is 4. The Labute approximate surface area is 142 Å². The van der Waals surface area contributed by atoms with Crippen molar-refractivity contribution in [2.75, 3.05) is 24.5 Å². The van der Waals surface area contributed by atoms with Crippen LogP contribution >= 0.6 is 0 Å². The van der Waals surface area contributed by atoms with Crippen LogP contribution in [0.15, 0.2) is 60.7 Å². The number of anilines is 1. The van der Waals surface area contributed by atoms with Crippen LogP contribution < -0.4 is 4.90 Å². The highest BCUT2D eigenvalue weighted by molar-refractivity contribution is 5.87. The van der Waals surface area contributed by atoms with Gasteiger partial charge in [0.15, 0.2) is 0 Å². The molecule has 0 saturated carbocycles. The monoisotopic (exact) mass is 322 g/mol. The second kappa shape index (κ2) is 6.29. The number of carbonyl (C=O) groups excluding carboxylic acids is 1. The Bertz CT molecular complexity index is 694. The summed E-state index contributed by atoms with van der Waals surface area (Å²) in [6.07, 6.45) is 1.66. The number of nitrogens with zero attached hydrogens (tertiary/aromatic N) is 2. The van der Waals surface area contributed by atoms with Crippen LogP contribution in [-0.2, 0) is 11.3 Å². The molecular formula is C20H22N2O2. The first kappa shape index (κ1) is 15.2. The van der Waals surface area contributed by atoms with Gasteiger partial charge in [-0.15, -0.1) is 0 Å². The molecule has 2 aromatic rings. The standard InChI is InChI=1S/C20H22N2O2/c23-19(24-20-11-13-21(16-20)14-12-20)22(18-9-5-2-6-10-18)15-17-7-3-1-4-8-17/h1-10H,11-16H2. The zero-order valence-electron chi connectivity index (χ0n) is 13.7. The van der Waals surface area contributed by atoms with Gasteiger partial charge in [-0.05, 0) is 17.7 Å². The fourth-order valence-electron chi connectivity index (χ4n) is 3.69. The van der Waals surface area contributed by atoms with E-state index in [2.05, 4.69) is 4.90 Å². The third-order valence-corrected chi connectivity index (χ3v) is 5.05. The Kier molecular flexibility index (Phi) is 3.98. The third-order valence-electron chi connectivity index (χ3n) is 5.05. The van der Waals surface area contributed by atoms with Gasteiger partial charge in [0.05, 0.1) is 6.54 Å². The van der Waals surface area contributed by atoms with Crippen molar-refractivity contribution in [3.63, 3.8) is 0 Å². The first-order valence-corrected chi connectivity index (χ1v) is 8.56. The van der Waals surface area contributed by atoms with E-state index in [1.807, 2.05) is 60.7 Å². The van der Waals surface area contributed by atoms with E-state index in [0.717, 1.165) is 43.7 Å². The van der Waals surface area contributed by atoms with Crippen LogP contribution in [0.1, 0.15) is 18.4 Å². The zero-order valence-corrected chi connectivity index (χ0v) is 13.7. The van der Waals surface area contributed by atoms with Crippen molar-refractivity contribution in [2.24, 2.45) is 0 Å². The Balaban J connectivity index is 1.56. The number of hydrogen-bond acceptors (Lipinski definition) is 3. The van der Waals surface area contributed by atoms with Crippen molar-refractivity contribution < 1.29 is 9.53 Å². The average Bonchev–Trinajstić information content (AvgIpc) is 3.21. The maximum Gasteiger partial charge on any atom is 0.415 e. The van der Waals surface area contributed by atoms with E-state index in [4.69, 9.17) is 4.74 Å². The molecule has 2 aliphatic rings. The van der Waals surface area contributed by atoms with Crippen molar-refractivity contribution in [3.8, 4) is 0 Å². The molecule has 2 bridgehead atoms. The second-order valence-electron chi connectivity index (χ2n) is 6.73. The number of amides is 1. The highest BCUT2D eigenvalue weighted by Gasteiger charge is 2.47. The molecule has 4 rings (SSSR count). The van der Waals surface area contributed by atoms with Gasteiger partial charge in [-0.25, -0.2) is 4.79 Å². The Morgan fingerprint density at radius 2 is 1.62 bits per heavy atom. The number of ether oxygens (including phenoxy) is 1. The molecule has 2 heterocycles. The lowest BCUT2D eigenvalue weighted by atomic mass is 10.00. The van der Waals surface area contributed by atoms with Crippen LogP contribution in [0.5, 0.6) is 0 Å². The molecule has 0 atom stereocenters. The SMILES string of the molecule is O=C(OC12CCN(CC1)C2)N(Cc1ccccc1)c1ccccc1. The van der Waals surface area contributed by atoms with Gasteiger partial charge in [-0.3, -0.25) is 9.80 Å². The van der Waals surface area contributed by atoms with E-state index < -0.39 is 0 Å². The van der Waals surface area contributed by atoms with Crippen molar-refractivity contribution in [3.05, 3.63) is 66.2 Å². The topological polar surface area (TPSA) is 32.8 Å². The van der Waals surface area contributed by atoms with Gasteiger partial charge >= 0.3 is 6.09 Å². The van der Waals surface area contributed by atoms with Crippen molar-refractivity contribution >= 4 is 11.8 Å². The Hall–Kier alpha value is -2.33. The fourth-order valence-corrected chi connectivity index (χ4v) is 3.69. The average molecular weight is 322 g/mol. The summed E-state index contributed by atoms with van der Waals surface area (Å²) in [5, 5.41) is 0. The molecule has 0 spiro atoms. The summed E-state index contributed by atoms with van der Waals surface area (Å²) in [5.74, 6) is 0. The smallest absolute Gasteiger partial charge is 0.415 e. The summed E-state index contributed by atoms with van der Waals surface area (Å²) in [7, 11) is 0. The predicted molar refractivity (Wildman–Crippen MR) is 94.0 cm³/mol. The summed E-state index contributed by atoms with van der Waals surface area (Å²) in [6, 6.07) is 19.8. The van der Waals surface area contributed by atoms with Crippen molar-refractivity contribution in [2.45, 2.75) is 25.0 Å². The molecular weight excluding hydrogens is 300 g/mol. The Morgan fingerprint density at radius 1 is 1.00 bits per heavy atom.